The average molecular weight is 324 g/mol. The summed E-state index contributed by atoms with van der Waals surface area (Å²) in [5.41, 5.74) is 4.67. The first-order chi connectivity index (χ1) is 11.3. The van der Waals surface area contributed by atoms with Crippen LogP contribution in [0.15, 0.2) is 36.7 Å². The highest BCUT2D eigenvalue weighted by atomic mass is 32.1. The normalized spacial score (nSPS) is 16.0. The van der Waals surface area contributed by atoms with Crippen LogP contribution >= 0.6 is 11.3 Å². The fraction of sp³-hybridized carbons (Fsp3) is 0.333. The van der Waals surface area contributed by atoms with Gasteiger partial charge in [-0.2, -0.15) is 0 Å². The van der Waals surface area contributed by atoms with Gasteiger partial charge in [-0.3, -0.25) is 14.9 Å². The van der Waals surface area contributed by atoms with Gasteiger partial charge in [0.2, 0.25) is 0 Å². The molecule has 0 unspecified atom stereocenters. The van der Waals surface area contributed by atoms with Gasteiger partial charge in [-0.1, -0.05) is 6.07 Å². The largest absolute Gasteiger partial charge is 0.314 e. The predicted molar refractivity (Wildman–Crippen MR) is 95.7 cm³/mol. The molecule has 4 rings (SSSR count). The molecule has 1 fully saturated rings. The summed E-state index contributed by atoms with van der Waals surface area (Å²) in [6.45, 7) is 7.52. The minimum absolute atomic E-state index is 0.988. The molecule has 0 atom stereocenters. The molecule has 1 aliphatic rings. The second-order valence-corrected chi connectivity index (χ2v) is 7.08. The maximum absolute atomic E-state index is 4.68. The predicted octanol–water partition coefficient (Wildman–Crippen LogP) is 3.07. The number of pyridine rings is 2. The third kappa shape index (κ3) is 3.13. The third-order valence-electron chi connectivity index (χ3n) is 4.30. The Morgan fingerprint density at radius 1 is 1.17 bits per heavy atom. The zero-order chi connectivity index (χ0) is 15.6. The Morgan fingerprint density at radius 2 is 2.04 bits per heavy atom. The fourth-order valence-electron chi connectivity index (χ4n) is 2.98. The van der Waals surface area contributed by atoms with E-state index in [0.29, 0.717) is 0 Å². The van der Waals surface area contributed by atoms with Gasteiger partial charge in [0.1, 0.15) is 0 Å². The van der Waals surface area contributed by atoms with Crippen LogP contribution in [0.2, 0.25) is 0 Å². The highest BCUT2D eigenvalue weighted by molar-refractivity contribution is 7.22. The minimum Gasteiger partial charge on any atom is -0.314 e. The molecule has 1 N–H and O–H groups in total. The monoisotopic (exact) mass is 324 g/mol. The van der Waals surface area contributed by atoms with Crippen molar-refractivity contribution in [1.29, 1.82) is 0 Å². The summed E-state index contributed by atoms with van der Waals surface area (Å²) in [6.07, 6.45) is 3.89. The minimum atomic E-state index is 0.988. The van der Waals surface area contributed by atoms with E-state index in [1.807, 2.05) is 12.4 Å². The number of thiophene rings is 1. The van der Waals surface area contributed by atoms with E-state index in [0.717, 1.165) is 43.9 Å². The Hall–Kier alpha value is -1.82. The van der Waals surface area contributed by atoms with Gasteiger partial charge in [-0.05, 0) is 36.2 Å². The van der Waals surface area contributed by atoms with Crippen molar-refractivity contribution in [2.24, 2.45) is 0 Å². The van der Waals surface area contributed by atoms with Gasteiger partial charge >= 0.3 is 0 Å². The zero-order valence-electron chi connectivity index (χ0n) is 13.2. The number of hydrogen-bond donors (Lipinski definition) is 1. The van der Waals surface area contributed by atoms with Crippen LogP contribution in [0.1, 0.15) is 11.1 Å². The van der Waals surface area contributed by atoms with Crippen LogP contribution in [-0.4, -0.2) is 41.0 Å². The Labute approximate surface area is 140 Å². The lowest BCUT2D eigenvalue weighted by Crippen LogP contribution is -2.42. The van der Waals surface area contributed by atoms with Crippen LogP contribution < -0.4 is 5.32 Å². The summed E-state index contributed by atoms with van der Waals surface area (Å²) in [6, 6.07) is 8.55. The number of hydrogen-bond acceptors (Lipinski definition) is 5. The summed E-state index contributed by atoms with van der Waals surface area (Å²) in [7, 11) is 0. The van der Waals surface area contributed by atoms with Crippen LogP contribution in [0.4, 0.5) is 0 Å². The Morgan fingerprint density at radius 3 is 2.78 bits per heavy atom. The van der Waals surface area contributed by atoms with Crippen molar-refractivity contribution < 1.29 is 0 Å². The van der Waals surface area contributed by atoms with Crippen molar-refractivity contribution in [3.8, 4) is 10.6 Å². The van der Waals surface area contributed by atoms with Crippen molar-refractivity contribution in [3.63, 3.8) is 0 Å². The smallest absolute Gasteiger partial charge is 0.0819 e. The SMILES string of the molecule is Cc1ccnc2cc(-c3ccc(CN4CCNCC4)cn3)sc12. The third-order valence-corrected chi connectivity index (χ3v) is 5.58. The topological polar surface area (TPSA) is 41.1 Å². The molecule has 0 saturated carbocycles. The lowest BCUT2D eigenvalue weighted by molar-refractivity contribution is 0.233. The van der Waals surface area contributed by atoms with Crippen LogP contribution in [0.5, 0.6) is 0 Å². The Bertz CT molecular complexity index is 804. The summed E-state index contributed by atoms with van der Waals surface area (Å²) in [5.74, 6) is 0. The molecule has 118 valence electrons. The summed E-state index contributed by atoms with van der Waals surface area (Å²) in [5, 5.41) is 3.39. The van der Waals surface area contributed by atoms with Gasteiger partial charge in [0.25, 0.3) is 0 Å². The molecule has 0 aliphatic carbocycles. The second kappa shape index (κ2) is 6.35. The maximum atomic E-state index is 4.68. The van der Waals surface area contributed by atoms with Crippen LogP contribution in [0.25, 0.3) is 20.8 Å². The van der Waals surface area contributed by atoms with Crippen molar-refractivity contribution >= 4 is 21.6 Å². The first kappa shape index (κ1) is 14.8. The molecule has 3 aromatic rings. The maximum Gasteiger partial charge on any atom is 0.0819 e. The molecule has 3 aromatic heterocycles. The molecular formula is C18H20N4S. The molecule has 0 radical (unpaired) electrons. The van der Waals surface area contributed by atoms with E-state index in [2.05, 4.69) is 51.4 Å². The van der Waals surface area contributed by atoms with Crippen molar-refractivity contribution in [2.45, 2.75) is 13.5 Å². The van der Waals surface area contributed by atoms with Gasteiger partial charge in [-0.25, -0.2) is 0 Å². The molecule has 0 bridgehead atoms. The standard InChI is InChI=1S/C18H20N4S/c1-13-4-5-20-16-10-17(23-18(13)16)15-3-2-14(11-21-15)12-22-8-6-19-7-9-22/h2-5,10-11,19H,6-9,12H2,1H3. The number of rotatable bonds is 3. The number of aryl methyl sites for hydroxylation is 1. The summed E-state index contributed by atoms with van der Waals surface area (Å²) >= 11 is 1.77. The van der Waals surface area contributed by atoms with Gasteiger partial charge in [-0.15, -0.1) is 11.3 Å². The molecule has 0 amide bonds. The highest BCUT2D eigenvalue weighted by Crippen LogP contribution is 2.33. The van der Waals surface area contributed by atoms with Crippen molar-refractivity contribution in [3.05, 3.63) is 47.8 Å². The number of piperazine rings is 1. The van der Waals surface area contributed by atoms with Gasteiger partial charge in [0, 0.05) is 45.1 Å². The molecule has 4 nitrogen and oxygen atoms in total. The molecule has 1 saturated heterocycles. The molecule has 1 aliphatic heterocycles. The number of aromatic nitrogens is 2. The molecule has 4 heterocycles. The van der Waals surface area contributed by atoms with E-state index < -0.39 is 0 Å². The van der Waals surface area contributed by atoms with Gasteiger partial charge in [0.15, 0.2) is 0 Å². The second-order valence-electron chi connectivity index (χ2n) is 6.03. The number of nitrogens with one attached hydrogen (secondary N) is 1. The van der Waals surface area contributed by atoms with E-state index in [1.165, 1.54) is 20.7 Å². The first-order valence-electron chi connectivity index (χ1n) is 8.03. The van der Waals surface area contributed by atoms with E-state index in [9.17, 15) is 0 Å². The van der Waals surface area contributed by atoms with E-state index in [-0.39, 0.29) is 0 Å². The molecule has 0 spiro atoms. The highest BCUT2D eigenvalue weighted by Gasteiger charge is 2.11. The average Bonchev–Trinajstić information content (AvgIpc) is 3.02. The quantitative estimate of drug-likeness (QED) is 0.804. The lowest BCUT2D eigenvalue weighted by atomic mass is 10.2. The van der Waals surface area contributed by atoms with Crippen LogP contribution in [0, 0.1) is 6.92 Å². The van der Waals surface area contributed by atoms with E-state index >= 15 is 0 Å². The van der Waals surface area contributed by atoms with Crippen molar-refractivity contribution in [2.75, 3.05) is 26.2 Å². The summed E-state index contributed by atoms with van der Waals surface area (Å²) < 4.78 is 1.26. The lowest BCUT2D eigenvalue weighted by Gasteiger charge is -2.27. The molecule has 5 heteroatoms. The van der Waals surface area contributed by atoms with Crippen LogP contribution in [0.3, 0.4) is 0 Å². The number of nitrogens with zero attached hydrogens (tertiary/aromatic N) is 3. The van der Waals surface area contributed by atoms with Gasteiger partial charge < -0.3 is 5.32 Å². The van der Waals surface area contributed by atoms with E-state index in [1.54, 1.807) is 11.3 Å². The van der Waals surface area contributed by atoms with Crippen LogP contribution in [-0.2, 0) is 6.54 Å². The zero-order valence-corrected chi connectivity index (χ0v) is 14.1. The molecule has 0 aromatic carbocycles. The fourth-order valence-corrected chi connectivity index (χ4v) is 4.04. The molecule has 23 heavy (non-hydrogen) atoms. The van der Waals surface area contributed by atoms with Crippen molar-refractivity contribution in [1.82, 2.24) is 20.2 Å². The van der Waals surface area contributed by atoms with E-state index in [4.69, 9.17) is 0 Å². The Kier molecular flexibility index (Phi) is 4.08. The molecular weight excluding hydrogens is 304 g/mol. The number of fused-ring (bicyclic) bond motifs is 1. The Balaban J connectivity index is 1.55. The summed E-state index contributed by atoms with van der Waals surface area (Å²) in [4.78, 5) is 12.8. The van der Waals surface area contributed by atoms with Gasteiger partial charge in [0.05, 0.1) is 20.8 Å². The first-order valence-corrected chi connectivity index (χ1v) is 8.85.